The molecule has 12 heteroatoms. The topological polar surface area (TPSA) is 107 Å². The van der Waals surface area contributed by atoms with Crippen LogP contribution in [0.2, 0.25) is 0 Å². The van der Waals surface area contributed by atoms with Gasteiger partial charge in [0.05, 0.1) is 26.7 Å². The van der Waals surface area contributed by atoms with Crippen molar-refractivity contribution in [3.8, 4) is 5.88 Å². The van der Waals surface area contributed by atoms with E-state index in [1.807, 2.05) is 6.92 Å². The lowest BCUT2D eigenvalue weighted by atomic mass is 10.0. The van der Waals surface area contributed by atoms with Crippen molar-refractivity contribution in [2.24, 2.45) is 5.92 Å². The fourth-order valence-corrected chi connectivity index (χ4v) is 4.65. The van der Waals surface area contributed by atoms with Crippen LogP contribution >= 0.6 is 7.60 Å². The van der Waals surface area contributed by atoms with Gasteiger partial charge >= 0.3 is 7.60 Å². The van der Waals surface area contributed by atoms with Gasteiger partial charge in [0.2, 0.25) is 5.88 Å². The van der Waals surface area contributed by atoms with E-state index < -0.39 is 32.2 Å². The molecule has 4 atom stereocenters. The Hall–Kier alpha value is -1.65. The third-order valence-electron chi connectivity index (χ3n) is 4.62. The number of hydrogen-bond acceptors (Lipinski definition) is 9. The third kappa shape index (κ3) is 4.44. The van der Waals surface area contributed by atoms with E-state index in [0.29, 0.717) is 17.6 Å². The highest BCUT2D eigenvalue weighted by Gasteiger charge is 2.47. The maximum Gasteiger partial charge on any atom is 0.356 e. The lowest BCUT2D eigenvalue weighted by Crippen LogP contribution is -2.24. The zero-order valence-corrected chi connectivity index (χ0v) is 17.8. The van der Waals surface area contributed by atoms with Crippen molar-refractivity contribution in [1.82, 2.24) is 19.5 Å². The Balaban J connectivity index is 1.81. The molecule has 0 saturated carbocycles. The smallest absolute Gasteiger partial charge is 0.356 e. The Morgan fingerprint density at radius 3 is 2.55 bits per heavy atom. The molecule has 1 fully saturated rings. The second kappa shape index (κ2) is 9.44. The summed E-state index contributed by atoms with van der Waals surface area (Å²) in [6, 6.07) is 0. The lowest BCUT2D eigenvalue weighted by molar-refractivity contribution is -0.156. The first-order valence-electron chi connectivity index (χ1n) is 9.48. The maximum atomic E-state index is 15.2. The highest BCUT2D eigenvalue weighted by molar-refractivity contribution is 7.53. The van der Waals surface area contributed by atoms with Crippen LogP contribution in [0.3, 0.4) is 0 Å². The molecule has 0 aromatic carbocycles. The van der Waals surface area contributed by atoms with Crippen LogP contribution in [0.15, 0.2) is 12.7 Å². The molecule has 0 radical (unpaired) electrons. The second-order valence-electron chi connectivity index (χ2n) is 6.36. The van der Waals surface area contributed by atoms with Gasteiger partial charge < -0.3 is 23.3 Å². The third-order valence-corrected chi connectivity index (χ3v) is 6.39. The van der Waals surface area contributed by atoms with E-state index in [0.717, 1.165) is 0 Å². The van der Waals surface area contributed by atoms with Gasteiger partial charge in [-0.25, -0.2) is 14.4 Å². The first-order chi connectivity index (χ1) is 14.0. The molecule has 1 aliphatic heterocycles. The standard InChI is InChI=1S/C17H26FN4O6P/c1-5-11-12(18)16(22-9-21-13-14(22)19-8-20-15(13)24-4)28-17(11)25-10-29(23,26-6-2)27-7-3/h8-9,11-12,16-17H,5-7,10H2,1-4H3/t11-,12-,16+,17-/m0/s1. The number of rotatable bonds is 10. The van der Waals surface area contributed by atoms with Crippen molar-refractivity contribution < 1.29 is 32.2 Å². The normalized spacial score (nSPS) is 25.0. The molecule has 0 bridgehead atoms. The Labute approximate surface area is 168 Å². The van der Waals surface area contributed by atoms with Gasteiger partial charge in [-0.1, -0.05) is 6.92 Å². The van der Waals surface area contributed by atoms with E-state index in [1.54, 1.807) is 13.8 Å². The number of aromatic nitrogens is 4. The van der Waals surface area contributed by atoms with Gasteiger partial charge in [-0.3, -0.25) is 9.13 Å². The second-order valence-corrected chi connectivity index (χ2v) is 8.36. The van der Waals surface area contributed by atoms with Crippen molar-refractivity contribution in [2.75, 3.05) is 26.7 Å². The zero-order chi connectivity index (χ0) is 21.0. The maximum absolute atomic E-state index is 15.2. The zero-order valence-electron chi connectivity index (χ0n) is 16.9. The van der Waals surface area contributed by atoms with E-state index in [-0.39, 0.29) is 25.4 Å². The molecule has 3 heterocycles. The molecule has 3 rings (SSSR count). The summed E-state index contributed by atoms with van der Waals surface area (Å²) in [5.41, 5.74) is 0.787. The average molecular weight is 432 g/mol. The largest absolute Gasteiger partial charge is 0.479 e. The van der Waals surface area contributed by atoms with E-state index in [4.69, 9.17) is 23.3 Å². The first kappa shape index (κ1) is 22.0. The summed E-state index contributed by atoms with van der Waals surface area (Å²) in [4.78, 5) is 12.4. The van der Waals surface area contributed by atoms with Gasteiger partial charge in [-0.2, -0.15) is 4.98 Å². The van der Waals surface area contributed by atoms with Crippen molar-refractivity contribution in [3.63, 3.8) is 0 Å². The van der Waals surface area contributed by atoms with Gasteiger partial charge in [0.1, 0.15) is 6.33 Å². The summed E-state index contributed by atoms with van der Waals surface area (Å²) < 4.78 is 56.5. The van der Waals surface area contributed by atoms with Crippen LogP contribution in [-0.2, 0) is 23.1 Å². The fourth-order valence-electron chi connectivity index (χ4n) is 3.31. The Morgan fingerprint density at radius 2 is 1.93 bits per heavy atom. The molecule has 1 saturated heterocycles. The predicted molar refractivity (Wildman–Crippen MR) is 101 cm³/mol. The Bertz CT molecular complexity index is 858. The van der Waals surface area contributed by atoms with E-state index in [9.17, 15) is 4.57 Å². The minimum atomic E-state index is -3.44. The minimum absolute atomic E-state index is 0.209. The molecular formula is C17H26FN4O6P. The van der Waals surface area contributed by atoms with Crippen LogP contribution in [0.1, 0.15) is 33.4 Å². The van der Waals surface area contributed by atoms with E-state index >= 15 is 4.39 Å². The summed E-state index contributed by atoms with van der Waals surface area (Å²) >= 11 is 0. The fraction of sp³-hybridized carbons (Fsp3) is 0.706. The number of methoxy groups -OCH3 is 1. The molecular weight excluding hydrogens is 406 g/mol. The summed E-state index contributed by atoms with van der Waals surface area (Å²) in [5.74, 6) is -0.283. The molecule has 0 unspecified atom stereocenters. The van der Waals surface area contributed by atoms with Crippen LogP contribution in [0.25, 0.3) is 11.2 Å². The number of hydrogen-bond donors (Lipinski definition) is 0. The van der Waals surface area contributed by atoms with Gasteiger partial charge in [0.15, 0.2) is 36.2 Å². The average Bonchev–Trinajstić information content (AvgIpc) is 3.27. The SMILES string of the molecule is CCOP(=O)(CO[C@H]1O[C@@H](n2cnc3c(OC)ncnc32)[C@@H](F)[C@@H]1CC)OCC. The molecule has 0 amide bonds. The molecule has 2 aromatic heterocycles. The lowest BCUT2D eigenvalue weighted by Gasteiger charge is -2.22. The monoisotopic (exact) mass is 432 g/mol. The van der Waals surface area contributed by atoms with Gasteiger partial charge in [0, 0.05) is 5.92 Å². The summed E-state index contributed by atoms with van der Waals surface area (Å²) in [6.07, 6.45) is -0.436. The number of nitrogens with zero attached hydrogens (tertiary/aromatic N) is 4. The summed E-state index contributed by atoms with van der Waals surface area (Å²) in [6.45, 7) is 5.67. The van der Waals surface area contributed by atoms with Crippen molar-refractivity contribution >= 4 is 18.8 Å². The van der Waals surface area contributed by atoms with Gasteiger partial charge in [0.25, 0.3) is 0 Å². The molecule has 29 heavy (non-hydrogen) atoms. The van der Waals surface area contributed by atoms with Crippen LogP contribution in [-0.4, -0.2) is 58.7 Å². The molecule has 0 N–H and O–H groups in total. The highest BCUT2D eigenvalue weighted by Crippen LogP contribution is 2.49. The Kier molecular flexibility index (Phi) is 7.18. The van der Waals surface area contributed by atoms with Crippen molar-refractivity contribution in [2.45, 2.75) is 45.9 Å². The summed E-state index contributed by atoms with van der Waals surface area (Å²) in [5, 5.41) is 0. The van der Waals surface area contributed by atoms with Gasteiger partial charge in [-0.05, 0) is 20.3 Å². The van der Waals surface area contributed by atoms with Crippen LogP contribution in [0, 0.1) is 5.92 Å². The number of halogens is 1. The highest BCUT2D eigenvalue weighted by atomic mass is 31.2. The van der Waals surface area contributed by atoms with Gasteiger partial charge in [-0.15, -0.1) is 0 Å². The number of fused-ring (bicyclic) bond motifs is 1. The number of alkyl halides is 1. The number of ether oxygens (including phenoxy) is 3. The van der Waals surface area contributed by atoms with E-state index in [1.165, 1.54) is 24.3 Å². The minimum Gasteiger partial charge on any atom is -0.479 e. The molecule has 1 aliphatic rings. The molecule has 0 spiro atoms. The first-order valence-corrected chi connectivity index (χ1v) is 11.2. The van der Waals surface area contributed by atoms with Crippen molar-refractivity contribution in [1.29, 1.82) is 0 Å². The van der Waals surface area contributed by atoms with E-state index in [2.05, 4.69) is 15.0 Å². The summed E-state index contributed by atoms with van der Waals surface area (Å²) in [7, 11) is -1.97. The Morgan fingerprint density at radius 1 is 1.21 bits per heavy atom. The van der Waals surface area contributed by atoms with Crippen LogP contribution < -0.4 is 4.74 Å². The quantitative estimate of drug-likeness (QED) is 0.523. The van der Waals surface area contributed by atoms with Crippen molar-refractivity contribution in [3.05, 3.63) is 12.7 Å². The molecule has 2 aromatic rings. The van der Waals surface area contributed by atoms with Crippen LogP contribution in [0.5, 0.6) is 5.88 Å². The predicted octanol–water partition coefficient (Wildman–Crippen LogP) is 3.29. The molecule has 10 nitrogen and oxygen atoms in total. The molecule has 0 aliphatic carbocycles. The number of imidazole rings is 1. The molecule has 162 valence electrons. The van der Waals surface area contributed by atoms with Crippen LogP contribution in [0.4, 0.5) is 4.39 Å².